The maximum absolute atomic E-state index is 5.67. The van der Waals surface area contributed by atoms with Crippen molar-refractivity contribution in [3.63, 3.8) is 0 Å². The minimum atomic E-state index is 0.542. The normalized spacial score (nSPS) is 24.0. The highest BCUT2D eigenvalue weighted by atomic mass is 14.6. The molecule has 0 bridgehead atoms. The molecule has 0 amide bonds. The second-order valence-corrected chi connectivity index (χ2v) is 3.57. The van der Waals surface area contributed by atoms with Gasteiger partial charge in [0.25, 0.3) is 0 Å². The molecule has 0 aromatic heterocycles. The van der Waals surface area contributed by atoms with Crippen LogP contribution >= 0.6 is 0 Å². The Labute approximate surface area is 57.6 Å². The molecule has 9 heavy (non-hydrogen) atoms. The summed E-state index contributed by atoms with van der Waals surface area (Å²) in [6, 6.07) is 0. The fourth-order valence-electron chi connectivity index (χ4n) is 1.65. The average Bonchev–Trinajstić information content (AvgIpc) is 1.62. The van der Waals surface area contributed by atoms with Crippen LogP contribution < -0.4 is 5.73 Å². The van der Waals surface area contributed by atoms with Gasteiger partial charge in [-0.05, 0) is 30.7 Å². The van der Waals surface area contributed by atoms with Crippen molar-refractivity contribution in [1.29, 1.82) is 0 Å². The molecule has 1 nitrogen and oxygen atoms in total. The summed E-state index contributed by atoms with van der Waals surface area (Å²) in [6.45, 7) is 5.46. The van der Waals surface area contributed by atoms with Gasteiger partial charge in [-0.3, -0.25) is 0 Å². The molecule has 0 heterocycles. The Balaban J connectivity index is 2.46. The van der Waals surface area contributed by atoms with E-state index in [-0.39, 0.29) is 0 Å². The van der Waals surface area contributed by atoms with Crippen LogP contribution in [0.2, 0.25) is 0 Å². The molecule has 0 saturated heterocycles. The minimum Gasteiger partial charge on any atom is -0.330 e. The van der Waals surface area contributed by atoms with Gasteiger partial charge < -0.3 is 5.73 Å². The van der Waals surface area contributed by atoms with E-state index in [4.69, 9.17) is 5.73 Å². The third-order valence-electron chi connectivity index (χ3n) is 2.98. The van der Waals surface area contributed by atoms with Crippen molar-refractivity contribution in [3.05, 3.63) is 0 Å². The van der Waals surface area contributed by atoms with Gasteiger partial charge >= 0.3 is 0 Å². The lowest BCUT2D eigenvalue weighted by Gasteiger charge is -2.44. The zero-order chi connectivity index (χ0) is 6.91. The van der Waals surface area contributed by atoms with E-state index in [1.54, 1.807) is 0 Å². The van der Waals surface area contributed by atoms with Crippen LogP contribution in [0.5, 0.6) is 0 Å². The standard InChI is InChI=1S/C8H17N/c1-7(2)8(6-9)4-3-5-8/h7H,3-6,9H2,1-2H3. The van der Waals surface area contributed by atoms with Crippen LogP contribution in [-0.4, -0.2) is 6.54 Å². The average molecular weight is 127 g/mol. The zero-order valence-corrected chi connectivity index (χ0v) is 6.48. The zero-order valence-electron chi connectivity index (χ0n) is 6.48. The molecule has 0 spiro atoms. The SMILES string of the molecule is CC(C)C1(CN)CCC1. The van der Waals surface area contributed by atoms with Crippen molar-refractivity contribution in [2.75, 3.05) is 6.54 Å². The van der Waals surface area contributed by atoms with Crippen LogP contribution in [0.25, 0.3) is 0 Å². The molecule has 0 radical (unpaired) electrons. The Hall–Kier alpha value is -0.0400. The fraction of sp³-hybridized carbons (Fsp3) is 1.00. The van der Waals surface area contributed by atoms with Gasteiger partial charge in [0.15, 0.2) is 0 Å². The topological polar surface area (TPSA) is 26.0 Å². The predicted octanol–water partition coefficient (Wildman–Crippen LogP) is 1.77. The van der Waals surface area contributed by atoms with Crippen molar-refractivity contribution in [1.82, 2.24) is 0 Å². The van der Waals surface area contributed by atoms with Crippen LogP contribution in [0.3, 0.4) is 0 Å². The van der Waals surface area contributed by atoms with Gasteiger partial charge in [0, 0.05) is 0 Å². The van der Waals surface area contributed by atoms with Gasteiger partial charge in [-0.15, -0.1) is 0 Å². The molecule has 0 aliphatic heterocycles. The maximum Gasteiger partial charge on any atom is -0.00181 e. The van der Waals surface area contributed by atoms with E-state index >= 15 is 0 Å². The third kappa shape index (κ3) is 0.983. The smallest absolute Gasteiger partial charge is 0.00181 e. The van der Waals surface area contributed by atoms with Crippen LogP contribution in [0, 0.1) is 11.3 Å². The van der Waals surface area contributed by atoms with Gasteiger partial charge in [-0.1, -0.05) is 20.3 Å². The molecular formula is C8H17N. The molecule has 0 unspecified atom stereocenters. The molecule has 1 fully saturated rings. The Kier molecular flexibility index (Phi) is 1.80. The summed E-state index contributed by atoms with van der Waals surface area (Å²) in [5.41, 5.74) is 6.21. The van der Waals surface area contributed by atoms with E-state index in [0.29, 0.717) is 5.41 Å². The van der Waals surface area contributed by atoms with E-state index in [0.717, 1.165) is 12.5 Å². The summed E-state index contributed by atoms with van der Waals surface area (Å²) >= 11 is 0. The summed E-state index contributed by atoms with van der Waals surface area (Å²) in [6.07, 6.45) is 4.12. The Morgan fingerprint density at radius 2 is 2.00 bits per heavy atom. The number of hydrogen-bond acceptors (Lipinski definition) is 1. The van der Waals surface area contributed by atoms with E-state index in [1.165, 1.54) is 19.3 Å². The molecule has 1 rings (SSSR count). The lowest BCUT2D eigenvalue weighted by atomic mass is 9.62. The summed E-state index contributed by atoms with van der Waals surface area (Å²) in [4.78, 5) is 0. The predicted molar refractivity (Wildman–Crippen MR) is 40.2 cm³/mol. The quantitative estimate of drug-likeness (QED) is 0.601. The number of rotatable bonds is 2. The monoisotopic (exact) mass is 127 g/mol. The highest BCUT2D eigenvalue weighted by Crippen LogP contribution is 2.45. The Morgan fingerprint density at radius 3 is 2.00 bits per heavy atom. The van der Waals surface area contributed by atoms with E-state index in [2.05, 4.69) is 13.8 Å². The van der Waals surface area contributed by atoms with Crippen molar-refractivity contribution in [2.45, 2.75) is 33.1 Å². The van der Waals surface area contributed by atoms with Gasteiger partial charge in [-0.25, -0.2) is 0 Å². The van der Waals surface area contributed by atoms with Gasteiger partial charge in [0.2, 0.25) is 0 Å². The lowest BCUT2D eigenvalue weighted by Crippen LogP contribution is -2.41. The molecule has 0 aromatic carbocycles. The molecular weight excluding hydrogens is 110 g/mol. The van der Waals surface area contributed by atoms with Crippen molar-refractivity contribution < 1.29 is 0 Å². The second kappa shape index (κ2) is 2.30. The molecule has 54 valence electrons. The van der Waals surface area contributed by atoms with Crippen molar-refractivity contribution in [3.8, 4) is 0 Å². The molecule has 0 aromatic rings. The Morgan fingerprint density at radius 1 is 1.44 bits per heavy atom. The molecule has 2 N–H and O–H groups in total. The molecule has 0 atom stereocenters. The van der Waals surface area contributed by atoms with Gasteiger partial charge in [0.1, 0.15) is 0 Å². The summed E-state index contributed by atoms with van der Waals surface area (Å²) < 4.78 is 0. The minimum absolute atomic E-state index is 0.542. The van der Waals surface area contributed by atoms with Gasteiger partial charge in [0.05, 0.1) is 0 Å². The van der Waals surface area contributed by atoms with Crippen molar-refractivity contribution >= 4 is 0 Å². The molecule has 1 aliphatic carbocycles. The van der Waals surface area contributed by atoms with E-state index < -0.39 is 0 Å². The first-order valence-corrected chi connectivity index (χ1v) is 3.91. The summed E-state index contributed by atoms with van der Waals surface area (Å²) in [5.74, 6) is 0.788. The van der Waals surface area contributed by atoms with Crippen LogP contribution in [0.1, 0.15) is 33.1 Å². The first-order chi connectivity index (χ1) is 4.21. The van der Waals surface area contributed by atoms with Crippen LogP contribution in [0.4, 0.5) is 0 Å². The lowest BCUT2D eigenvalue weighted by molar-refractivity contribution is 0.0796. The first kappa shape index (κ1) is 7.07. The number of hydrogen-bond donors (Lipinski definition) is 1. The Bertz CT molecular complexity index is 87.2. The maximum atomic E-state index is 5.67. The highest BCUT2D eigenvalue weighted by Gasteiger charge is 2.37. The highest BCUT2D eigenvalue weighted by molar-refractivity contribution is 4.90. The van der Waals surface area contributed by atoms with Crippen LogP contribution in [-0.2, 0) is 0 Å². The first-order valence-electron chi connectivity index (χ1n) is 3.91. The van der Waals surface area contributed by atoms with E-state index in [1.807, 2.05) is 0 Å². The number of nitrogens with two attached hydrogens (primary N) is 1. The van der Waals surface area contributed by atoms with Gasteiger partial charge in [-0.2, -0.15) is 0 Å². The summed E-state index contributed by atoms with van der Waals surface area (Å²) in [7, 11) is 0. The van der Waals surface area contributed by atoms with Crippen LogP contribution in [0.15, 0.2) is 0 Å². The van der Waals surface area contributed by atoms with Crippen molar-refractivity contribution in [2.24, 2.45) is 17.1 Å². The third-order valence-corrected chi connectivity index (χ3v) is 2.98. The summed E-state index contributed by atoms with van der Waals surface area (Å²) in [5, 5.41) is 0. The van der Waals surface area contributed by atoms with E-state index in [9.17, 15) is 0 Å². The molecule has 1 heteroatoms. The fourth-order valence-corrected chi connectivity index (χ4v) is 1.65. The molecule has 1 aliphatic rings. The second-order valence-electron chi connectivity index (χ2n) is 3.57. The molecule has 1 saturated carbocycles. The largest absolute Gasteiger partial charge is 0.330 e.